The molecule has 1 saturated heterocycles. The van der Waals surface area contributed by atoms with Crippen molar-refractivity contribution in [2.24, 2.45) is 0 Å². The highest BCUT2D eigenvalue weighted by atomic mass is 32.2. The molecule has 1 aromatic heterocycles. The van der Waals surface area contributed by atoms with E-state index < -0.39 is 10.0 Å². The summed E-state index contributed by atoms with van der Waals surface area (Å²) in [6.45, 7) is 6.83. The van der Waals surface area contributed by atoms with Crippen LogP contribution >= 0.6 is 0 Å². The van der Waals surface area contributed by atoms with Crippen molar-refractivity contribution in [3.63, 3.8) is 0 Å². The number of hydrogen-bond acceptors (Lipinski definition) is 6. The molecule has 7 nitrogen and oxygen atoms in total. The van der Waals surface area contributed by atoms with Gasteiger partial charge in [0.15, 0.2) is 5.82 Å². The molecule has 0 aliphatic carbocycles. The lowest BCUT2D eigenvalue weighted by Crippen LogP contribution is -2.48. The average Bonchev–Trinajstić information content (AvgIpc) is 2.69. The Morgan fingerprint density at radius 3 is 2.33 bits per heavy atom. The number of rotatable bonds is 6. The van der Waals surface area contributed by atoms with Gasteiger partial charge >= 0.3 is 0 Å². The van der Waals surface area contributed by atoms with Crippen molar-refractivity contribution in [3.8, 4) is 0 Å². The highest BCUT2D eigenvalue weighted by Crippen LogP contribution is 2.17. The number of aryl methyl sites for hydroxylation is 1. The molecule has 0 saturated carbocycles. The maximum atomic E-state index is 12.6. The third-order valence-corrected chi connectivity index (χ3v) is 6.01. The van der Waals surface area contributed by atoms with E-state index in [1.807, 2.05) is 50.2 Å². The third-order valence-electron chi connectivity index (χ3n) is 4.44. The minimum atomic E-state index is -3.43. The molecule has 0 spiro atoms. The first-order valence-corrected chi connectivity index (χ1v) is 10.6. The molecular weight excluding hydrogens is 362 g/mol. The van der Waals surface area contributed by atoms with E-state index in [0.717, 1.165) is 29.3 Å². The van der Waals surface area contributed by atoms with Crippen LogP contribution in [-0.2, 0) is 10.0 Å². The molecule has 2 heterocycles. The number of piperazine rings is 1. The number of aromatic nitrogens is 2. The zero-order chi connectivity index (χ0) is 19.3. The molecule has 0 bridgehead atoms. The smallest absolute Gasteiger partial charge is 0.236 e. The van der Waals surface area contributed by atoms with Gasteiger partial charge in [-0.15, -0.1) is 10.2 Å². The van der Waals surface area contributed by atoms with Gasteiger partial charge in [-0.3, -0.25) is 0 Å². The lowest BCUT2D eigenvalue weighted by molar-refractivity contribution is 0.388. The number of anilines is 2. The Hall–Kier alpha value is -2.45. The van der Waals surface area contributed by atoms with Gasteiger partial charge in [-0.05, 0) is 37.6 Å². The molecule has 2 aromatic rings. The largest absolute Gasteiger partial charge is 0.369 e. The molecule has 1 aliphatic rings. The molecule has 0 radical (unpaired) electrons. The number of nitrogens with zero attached hydrogens (tertiary/aromatic N) is 4. The van der Waals surface area contributed by atoms with E-state index in [1.54, 1.807) is 6.08 Å². The van der Waals surface area contributed by atoms with Gasteiger partial charge in [-0.1, -0.05) is 29.8 Å². The molecule has 0 amide bonds. The summed E-state index contributed by atoms with van der Waals surface area (Å²) < 4.78 is 26.6. The summed E-state index contributed by atoms with van der Waals surface area (Å²) in [6.07, 6.45) is 1.64. The molecule has 1 aromatic carbocycles. The number of nitrogens with one attached hydrogen (secondary N) is 1. The minimum absolute atomic E-state index is 0.428. The molecule has 27 heavy (non-hydrogen) atoms. The predicted molar refractivity (Wildman–Crippen MR) is 109 cm³/mol. The van der Waals surface area contributed by atoms with Crippen LogP contribution < -0.4 is 10.2 Å². The average molecular weight is 388 g/mol. The van der Waals surface area contributed by atoms with E-state index >= 15 is 0 Å². The van der Waals surface area contributed by atoms with Crippen LogP contribution in [0.1, 0.15) is 18.1 Å². The van der Waals surface area contributed by atoms with E-state index in [9.17, 15) is 8.42 Å². The molecular formula is C19H25N5O2S. The Labute approximate surface area is 160 Å². The first-order chi connectivity index (χ1) is 13.0. The first kappa shape index (κ1) is 19.3. The van der Waals surface area contributed by atoms with Crippen LogP contribution in [0.3, 0.4) is 0 Å². The Balaban J connectivity index is 1.59. The Bertz CT molecular complexity index is 871. The molecule has 1 aliphatic heterocycles. The second-order valence-electron chi connectivity index (χ2n) is 6.45. The zero-order valence-corrected chi connectivity index (χ0v) is 16.5. The number of sulfonamides is 1. The van der Waals surface area contributed by atoms with Crippen molar-refractivity contribution < 1.29 is 8.42 Å². The van der Waals surface area contributed by atoms with E-state index in [1.165, 1.54) is 9.71 Å². The van der Waals surface area contributed by atoms with Gasteiger partial charge in [0.25, 0.3) is 0 Å². The van der Waals surface area contributed by atoms with Crippen LogP contribution in [0.15, 0.2) is 41.8 Å². The summed E-state index contributed by atoms with van der Waals surface area (Å²) in [5.74, 6) is 1.51. The summed E-state index contributed by atoms with van der Waals surface area (Å²) in [5.41, 5.74) is 2.02. The normalized spacial score (nSPS) is 16.0. The fraction of sp³-hybridized carbons (Fsp3) is 0.368. The van der Waals surface area contributed by atoms with Gasteiger partial charge in [-0.25, -0.2) is 8.42 Å². The van der Waals surface area contributed by atoms with Crippen molar-refractivity contribution >= 4 is 27.7 Å². The quantitative estimate of drug-likeness (QED) is 0.820. The van der Waals surface area contributed by atoms with Crippen molar-refractivity contribution in [1.29, 1.82) is 0 Å². The molecule has 1 fully saturated rings. The standard InChI is InChI=1S/C19H25N5O2S/c1-3-20-18-8-9-19(22-21-18)23-11-13-24(14-12-23)27(25,26)15-10-17-6-4-16(2)5-7-17/h4-10,15H,3,11-14H2,1-2H3,(H,20,21)/b15-10+. The van der Waals surface area contributed by atoms with Gasteiger partial charge in [0.05, 0.1) is 0 Å². The fourth-order valence-corrected chi connectivity index (χ4v) is 4.04. The van der Waals surface area contributed by atoms with E-state index in [2.05, 4.69) is 20.4 Å². The van der Waals surface area contributed by atoms with Gasteiger partial charge in [0.2, 0.25) is 10.0 Å². The molecule has 3 rings (SSSR count). The van der Waals surface area contributed by atoms with Crippen LogP contribution in [0.4, 0.5) is 11.6 Å². The topological polar surface area (TPSA) is 78.4 Å². The van der Waals surface area contributed by atoms with E-state index in [-0.39, 0.29) is 0 Å². The maximum Gasteiger partial charge on any atom is 0.236 e. The monoisotopic (exact) mass is 387 g/mol. The second-order valence-corrected chi connectivity index (χ2v) is 8.27. The summed E-state index contributed by atoms with van der Waals surface area (Å²) in [4.78, 5) is 2.05. The number of hydrogen-bond donors (Lipinski definition) is 1. The fourth-order valence-electron chi connectivity index (χ4n) is 2.87. The van der Waals surface area contributed by atoms with Crippen LogP contribution in [-0.4, -0.2) is 55.6 Å². The lowest BCUT2D eigenvalue weighted by atomic mass is 10.2. The first-order valence-electron chi connectivity index (χ1n) is 9.05. The van der Waals surface area contributed by atoms with Crippen LogP contribution in [0, 0.1) is 6.92 Å². The maximum absolute atomic E-state index is 12.6. The Morgan fingerprint density at radius 2 is 1.74 bits per heavy atom. The zero-order valence-electron chi connectivity index (χ0n) is 15.7. The Kier molecular flexibility index (Phi) is 6.08. The second kappa shape index (κ2) is 8.49. The van der Waals surface area contributed by atoms with Crippen molar-refractivity contribution in [3.05, 3.63) is 52.9 Å². The van der Waals surface area contributed by atoms with Crippen LogP contribution in [0.5, 0.6) is 0 Å². The van der Waals surface area contributed by atoms with Crippen molar-refractivity contribution in [2.75, 3.05) is 42.9 Å². The summed E-state index contributed by atoms with van der Waals surface area (Å²) >= 11 is 0. The highest BCUT2D eigenvalue weighted by Gasteiger charge is 2.25. The highest BCUT2D eigenvalue weighted by molar-refractivity contribution is 7.92. The van der Waals surface area contributed by atoms with Gasteiger partial charge < -0.3 is 10.2 Å². The number of benzene rings is 1. The van der Waals surface area contributed by atoms with Crippen molar-refractivity contribution in [1.82, 2.24) is 14.5 Å². The minimum Gasteiger partial charge on any atom is -0.369 e. The van der Waals surface area contributed by atoms with Crippen LogP contribution in [0.2, 0.25) is 0 Å². The van der Waals surface area contributed by atoms with Gasteiger partial charge in [0.1, 0.15) is 5.82 Å². The van der Waals surface area contributed by atoms with Gasteiger partial charge in [0, 0.05) is 38.1 Å². The molecule has 0 unspecified atom stereocenters. The molecule has 144 valence electrons. The lowest BCUT2D eigenvalue weighted by Gasteiger charge is -2.33. The predicted octanol–water partition coefficient (Wildman–Crippen LogP) is 2.34. The van der Waals surface area contributed by atoms with Gasteiger partial charge in [-0.2, -0.15) is 4.31 Å². The summed E-state index contributed by atoms with van der Waals surface area (Å²) in [5, 5.41) is 12.8. The van der Waals surface area contributed by atoms with E-state index in [0.29, 0.717) is 26.2 Å². The summed E-state index contributed by atoms with van der Waals surface area (Å²) in [7, 11) is -3.43. The molecule has 8 heteroatoms. The van der Waals surface area contributed by atoms with E-state index in [4.69, 9.17) is 0 Å². The molecule has 1 N–H and O–H groups in total. The van der Waals surface area contributed by atoms with Crippen molar-refractivity contribution in [2.45, 2.75) is 13.8 Å². The molecule has 0 atom stereocenters. The Morgan fingerprint density at radius 1 is 1.04 bits per heavy atom. The SMILES string of the molecule is CCNc1ccc(N2CCN(S(=O)(=O)/C=C/c3ccc(C)cc3)CC2)nn1. The summed E-state index contributed by atoms with van der Waals surface area (Å²) in [6, 6.07) is 11.6. The third kappa shape index (κ3) is 5.05. The van der Waals surface area contributed by atoms with Crippen LogP contribution in [0.25, 0.3) is 6.08 Å².